The molecule has 0 aromatic heterocycles. The summed E-state index contributed by atoms with van der Waals surface area (Å²) in [4.78, 5) is 0. The monoisotopic (exact) mass is 239 g/mol. The summed E-state index contributed by atoms with van der Waals surface area (Å²) in [6.45, 7) is 0. The maximum atomic E-state index is 7.75. The average Bonchev–Trinajstić information content (AvgIpc) is 1.00. The van der Waals surface area contributed by atoms with Gasteiger partial charge in [0.1, 0.15) is 0 Å². The van der Waals surface area contributed by atoms with Crippen LogP contribution in [0.25, 0.3) is 0 Å². The molecule has 0 aliphatic carbocycles. The van der Waals surface area contributed by atoms with Crippen LogP contribution in [0, 0.1) is 0 Å². The van der Waals surface area contributed by atoms with E-state index in [1.54, 1.807) is 0 Å². The second-order valence-electron chi connectivity index (χ2n) is 0. The van der Waals surface area contributed by atoms with E-state index in [0.29, 0.717) is 0 Å². The standard InChI is InChI=1S/Al.BO.Ba.Ca.7H/c;1-2;;;;;;;;;. The van der Waals surface area contributed by atoms with Crippen molar-refractivity contribution in [2.24, 2.45) is 0 Å². The second kappa shape index (κ2) is 26.9. The van der Waals surface area contributed by atoms with E-state index in [4.69, 9.17) is 4.70 Å². The van der Waals surface area contributed by atoms with Gasteiger partial charge in [0.15, 0.2) is 17.4 Å². The zero-order valence-corrected chi connectivity index (χ0v) is 0.986. The molecule has 0 saturated heterocycles. The van der Waals surface area contributed by atoms with E-state index in [1.165, 1.54) is 0 Å². The Kier molecular flexibility index (Phi) is 129. The van der Waals surface area contributed by atoms with Gasteiger partial charge in [0.2, 0.25) is 0 Å². The van der Waals surface area contributed by atoms with Crippen LogP contribution in [0.1, 0.15) is 0 Å². The first-order chi connectivity index (χ1) is 1.00. The Morgan fingerprint density at radius 2 is 1.20 bits per heavy atom. The Morgan fingerprint density at radius 3 is 1.20 bits per heavy atom. The molecule has 0 aliphatic heterocycles. The van der Waals surface area contributed by atoms with Crippen LogP contribution < -0.4 is 0 Å². The van der Waals surface area contributed by atoms with Gasteiger partial charge in [-0.2, -0.15) is 0 Å². The molecule has 0 fully saturated rings. The van der Waals surface area contributed by atoms with Crippen LogP contribution in [0.5, 0.6) is 0 Å². The van der Waals surface area contributed by atoms with Gasteiger partial charge >= 0.3 is 99.0 Å². The van der Waals surface area contributed by atoms with E-state index in [0.717, 1.165) is 0 Å². The zero-order chi connectivity index (χ0) is 2.00. The number of hydrogen-bond donors (Lipinski definition) is 0. The van der Waals surface area contributed by atoms with Crippen LogP contribution in [-0.4, -0.2) is 112 Å². The fourth-order valence-corrected chi connectivity index (χ4v) is 0. The van der Waals surface area contributed by atoms with Crippen LogP contribution in [-0.2, 0) is 4.70 Å². The minimum absolute atomic E-state index is 0. The normalized spacial score (nSPS) is 0.600. The molecule has 0 atom stereocenters. The van der Waals surface area contributed by atoms with Gasteiger partial charge in [0.25, 0.3) is 0 Å². The summed E-state index contributed by atoms with van der Waals surface area (Å²) in [6, 6.07) is 0. The molecule has 0 aromatic rings. The van der Waals surface area contributed by atoms with Gasteiger partial charge in [-0.05, 0) is 0 Å². The SMILES string of the molecule is [AlH3].[B]=O.[BaH2].[CaH2]. The van der Waals surface area contributed by atoms with E-state index in [2.05, 4.69) is 7.72 Å². The quantitative estimate of drug-likeness (QED) is 0.400. The van der Waals surface area contributed by atoms with Gasteiger partial charge in [-0.25, -0.2) is 0 Å². The molecule has 1 nitrogen and oxygen atoms in total. The van der Waals surface area contributed by atoms with Gasteiger partial charge < -0.3 is 0 Å². The van der Waals surface area contributed by atoms with Gasteiger partial charge in [0, 0.05) is 0 Å². The molecule has 23 valence electrons. The molecule has 0 unspecified atom stereocenters. The topological polar surface area (TPSA) is 17.1 Å². The molecule has 0 aromatic carbocycles. The molecule has 0 spiro atoms. The molecule has 0 amide bonds. The van der Waals surface area contributed by atoms with E-state index in [-0.39, 0.29) is 104 Å². The summed E-state index contributed by atoms with van der Waals surface area (Å²) >= 11 is 0. The fourth-order valence-electron chi connectivity index (χ4n) is 0. The van der Waals surface area contributed by atoms with Gasteiger partial charge in [-0.1, -0.05) is 0 Å². The fraction of sp³-hybridized carbons (Fsp3) is 0. The van der Waals surface area contributed by atoms with Crippen LogP contribution in [0.15, 0.2) is 0 Å². The summed E-state index contributed by atoms with van der Waals surface area (Å²) in [5.74, 6) is 0. The van der Waals surface area contributed by atoms with E-state index in [9.17, 15) is 0 Å². The Hall–Kier alpha value is 3.23. The molecule has 0 saturated carbocycles. The van der Waals surface area contributed by atoms with Crippen molar-refractivity contribution in [3.8, 4) is 0 Å². The molecule has 5 heavy (non-hydrogen) atoms. The first-order valence-corrected chi connectivity index (χ1v) is 0.236. The molecule has 0 N–H and O–H groups in total. The third kappa shape index (κ3) is 19.0. The summed E-state index contributed by atoms with van der Waals surface area (Å²) in [5.41, 5.74) is 0. The van der Waals surface area contributed by atoms with Crippen molar-refractivity contribution in [2.45, 2.75) is 0 Å². The Balaban J connectivity index is -0.00000000167. The average molecular weight is 238 g/mol. The molecule has 0 heterocycles. The van der Waals surface area contributed by atoms with Crippen molar-refractivity contribution in [1.82, 2.24) is 0 Å². The van der Waals surface area contributed by atoms with Crippen molar-refractivity contribution >= 4 is 112 Å². The first kappa shape index (κ1) is 24.0. The van der Waals surface area contributed by atoms with E-state index in [1.807, 2.05) is 0 Å². The summed E-state index contributed by atoms with van der Waals surface area (Å²) in [6.07, 6.45) is 0. The second-order valence-corrected chi connectivity index (χ2v) is 0. The van der Waals surface area contributed by atoms with Crippen LogP contribution in [0.2, 0.25) is 0 Å². The van der Waals surface area contributed by atoms with E-state index >= 15 is 0 Å². The van der Waals surface area contributed by atoms with Gasteiger partial charge in [0.05, 0.1) is 0 Å². The Morgan fingerprint density at radius 1 is 1.20 bits per heavy atom. The molecular formula is H7AlBBaCaO. The summed E-state index contributed by atoms with van der Waals surface area (Å²) in [7, 11) is 3.25. The van der Waals surface area contributed by atoms with Crippen molar-refractivity contribution < 1.29 is 4.70 Å². The first-order valence-electron chi connectivity index (χ1n) is 0.236. The Bertz CT molecular complexity index is 11.6. The van der Waals surface area contributed by atoms with Crippen molar-refractivity contribution in [3.63, 3.8) is 0 Å². The third-order valence-electron chi connectivity index (χ3n) is 0. The minimum atomic E-state index is 0. The van der Waals surface area contributed by atoms with Crippen molar-refractivity contribution in [1.29, 1.82) is 0 Å². The summed E-state index contributed by atoms with van der Waals surface area (Å²) in [5, 5.41) is 0. The van der Waals surface area contributed by atoms with Gasteiger partial charge in [-0.15, -0.1) is 0 Å². The van der Waals surface area contributed by atoms with Crippen LogP contribution in [0.4, 0.5) is 0 Å². The van der Waals surface area contributed by atoms with Gasteiger partial charge in [-0.3, -0.25) is 0 Å². The molecule has 0 bridgehead atoms. The maximum absolute atomic E-state index is 7.75. The molecule has 5 heteroatoms. The molecular weight excluding hydrogens is 231 g/mol. The third-order valence-corrected chi connectivity index (χ3v) is 0. The predicted molar refractivity (Wildman–Crippen MR) is 33.5 cm³/mol. The van der Waals surface area contributed by atoms with Crippen molar-refractivity contribution in [3.05, 3.63) is 0 Å². The molecule has 0 rings (SSSR count). The zero-order valence-electron chi connectivity index (χ0n) is 0.986. The van der Waals surface area contributed by atoms with Crippen molar-refractivity contribution in [2.75, 3.05) is 0 Å². The van der Waals surface area contributed by atoms with E-state index < -0.39 is 0 Å². The molecule has 1 radical (unpaired) electrons. The Labute approximate surface area is 113 Å². The summed E-state index contributed by atoms with van der Waals surface area (Å²) < 4.78 is 7.75. The van der Waals surface area contributed by atoms with Crippen LogP contribution >= 0.6 is 0 Å². The number of hydrogen-bond acceptors (Lipinski definition) is 1. The molecule has 0 aliphatic rings. The van der Waals surface area contributed by atoms with Crippen LogP contribution in [0.3, 0.4) is 0 Å². The predicted octanol–water partition coefficient (Wildman–Crippen LogP) is -3.52. The number of rotatable bonds is 0.